The van der Waals surface area contributed by atoms with Gasteiger partial charge in [-0.3, -0.25) is 10.2 Å². The highest BCUT2D eigenvalue weighted by molar-refractivity contribution is 4.93. The smallest absolute Gasteiger partial charge is 0.0687 e. The molecule has 2 rings (SSSR count). The molecule has 1 N–H and O–H groups in total. The Morgan fingerprint density at radius 2 is 1.93 bits per heavy atom. The first-order chi connectivity index (χ1) is 7.12. The SMILES string of the molecule is CC1CCCC(C)(N2CCCCC2C)N1. The van der Waals surface area contributed by atoms with Gasteiger partial charge in [-0.05, 0) is 52.9 Å². The molecule has 0 aromatic rings. The van der Waals surface area contributed by atoms with E-state index in [-0.39, 0.29) is 5.66 Å². The predicted molar refractivity (Wildman–Crippen MR) is 64.9 cm³/mol. The van der Waals surface area contributed by atoms with Crippen LogP contribution in [0.2, 0.25) is 0 Å². The third kappa shape index (κ3) is 2.36. The van der Waals surface area contributed by atoms with Gasteiger partial charge in [-0.15, -0.1) is 0 Å². The van der Waals surface area contributed by atoms with E-state index in [2.05, 4.69) is 31.0 Å². The number of piperidine rings is 2. The molecule has 0 aliphatic carbocycles. The van der Waals surface area contributed by atoms with Crippen LogP contribution in [-0.2, 0) is 0 Å². The fourth-order valence-electron chi connectivity index (χ4n) is 3.49. The summed E-state index contributed by atoms with van der Waals surface area (Å²) in [7, 11) is 0. The Morgan fingerprint density at radius 3 is 2.60 bits per heavy atom. The maximum atomic E-state index is 3.82. The average Bonchev–Trinajstić information content (AvgIpc) is 2.17. The molecule has 2 aliphatic rings. The third-order valence-corrected chi connectivity index (χ3v) is 4.29. The van der Waals surface area contributed by atoms with Gasteiger partial charge >= 0.3 is 0 Å². The van der Waals surface area contributed by atoms with Gasteiger partial charge in [0.1, 0.15) is 0 Å². The molecule has 0 spiro atoms. The molecule has 2 saturated heterocycles. The van der Waals surface area contributed by atoms with E-state index in [1.165, 1.54) is 45.1 Å². The van der Waals surface area contributed by atoms with Crippen molar-refractivity contribution in [3.05, 3.63) is 0 Å². The number of rotatable bonds is 1. The lowest BCUT2D eigenvalue weighted by Gasteiger charge is -2.51. The van der Waals surface area contributed by atoms with Crippen LogP contribution in [0.3, 0.4) is 0 Å². The molecule has 2 aliphatic heterocycles. The van der Waals surface area contributed by atoms with Gasteiger partial charge in [-0.2, -0.15) is 0 Å². The molecule has 88 valence electrons. The van der Waals surface area contributed by atoms with Gasteiger partial charge < -0.3 is 0 Å². The van der Waals surface area contributed by atoms with Crippen molar-refractivity contribution in [2.45, 2.75) is 77.0 Å². The Labute approximate surface area is 94.4 Å². The summed E-state index contributed by atoms with van der Waals surface area (Å²) in [6.45, 7) is 8.42. The monoisotopic (exact) mass is 210 g/mol. The molecule has 0 radical (unpaired) electrons. The van der Waals surface area contributed by atoms with Crippen molar-refractivity contribution in [1.82, 2.24) is 10.2 Å². The molecule has 2 heterocycles. The van der Waals surface area contributed by atoms with Crippen LogP contribution in [0.15, 0.2) is 0 Å². The Morgan fingerprint density at radius 1 is 1.13 bits per heavy atom. The molecule has 2 nitrogen and oxygen atoms in total. The minimum absolute atomic E-state index is 0.275. The highest BCUT2D eigenvalue weighted by atomic mass is 15.3. The van der Waals surface area contributed by atoms with Crippen LogP contribution in [0.1, 0.15) is 59.3 Å². The first-order valence-electron chi connectivity index (χ1n) is 6.66. The number of likely N-dealkylation sites (tertiary alicyclic amines) is 1. The molecule has 2 heteroatoms. The van der Waals surface area contributed by atoms with E-state index in [0.29, 0.717) is 6.04 Å². The minimum atomic E-state index is 0.275. The van der Waals surface area contributed by atoms with Crippen molar-refractivity contribution in [2.75, 3.05) is 6.54 Å². The topological polar surface area (TPSA) is 15.3 Å². The van der Waals surface area contributed by atoms with Crippen LogP contribution in [-0.4, -0.2) is 29.2 Å². The van der Waals surface area contributed by atoms with Crippen LogP contribution in [0.4, 0.5) is 0 Å². The summed E-state index contributed by atoms with van der Waals surface area (Å²) in [5.74, 6) is 0. The highest BCUT2D eigenvalue weighted by Crippen LogP contribution is 2.31. The molecule has 0 aromatic carbocycles. The van der Waals surface area contributed by atoms with Crippen molar-refractivity contribution < 1.29 is 0 Å². The third-order valence-electron chi connectivity index (χ3n) is 4.29. The maximum Gasteiger partial charge on any atom is 0.0687 e. The van der Waals surface area contributed by atoms with Crippen molar-refractivity contribution in [3.63, 3.8) is 0 Å². The summed E-state index contributed by atoms with van der Waals surface area (Å²) in [5.41, 5.74) is 0.275. The van der Waals surface area contributed by atoms with Gasteiger partial charge in [0.05, 0.1) is 5.66 Å². The zero-order valence-electron chi connectivity index (χ0n) is 10.6. The van der Waals surface area contributed by atoms with Crippen molar-refractivity contribution >= 4 is 0 Å². The summed E-state index contributed by atoms with van der Waals surface area (Å²) in [4.78, 5) is 2.71. The fourth-order valence-corrected chi connectivity index (χ4v) is 3.49. The lowest BCUT2D eigenvalue weighted by molar-refractivity contribution is -0.0160. The van der Waals surface area contributed by atoms with Gasteiger partial charge in [0, 0.05) is 18.6 Å². The lowest BCUT2D eigenvalue weighted by Crippen LogP contribution is -2.64. The van der Waals surface area contributed by atoms with Crippen molar-refractivity contribution in [2.24, 2.45) is 0 Å². The van der Waals surface area contributed by atoms with E-state index >= 15 is 0 Å². The Hall–Kier alpha value is -0.0800. The molecule has 0 amide bonds. The Balaban J connectivity index is 2.05. The summed E-state index contributed by atoms with van der Waals surface area (Å²) in [6, 6.07) is 1.46. The normalized spacial score (nSPS) is 44.2. The van der Waals surface area contributed by atoms with Gasteiger partial charge in [-0.1, -0.05) is 6.42 Å². The summed E-state index contributed by atoms with van der Waals surface area (Å²) < 4.78 is 0. The highest BCUT2D eigenvalue weighted by Gasteiger charge is 2.38. The fraction of sp³-hybridized carbons (Fsp3) is 1.00. The number of nitrogens with zero attached hydrogens (tertiary/aromatic N) is 1. The second kappa shape index (κ2) is 4.42. The summed E-state index contributed by atoms with van der Waals surface area (Å²) in [5, 5.41) is 3.82. The molecule has 3 unspecified atom stereocenters. The molecule has 3 atom stereocenters. The van der Waals surface area contributed by atoms with E-state index in [9.17, 15) is 0 Å². The van der Waals surface area contributed by atoms with Gasteiger partial charge in [0.15, 0.2) is 0 Å². The predicted octanol–water partition coefficient (Wildman–Crippen LogP) is 2.74. The molecular weight excluding hydrogens is 184 g/mol. The van der Waals surface area contributed by atoms with E-state index in [1.807, 2.05) is 0 Å². The van der Waals surface area contributed by atoms with Gasteiger partial charge in [0.25, 0.3) is 0 Å². The maximum absolute atomic E-state index is 3.82. The van der Waals surface area contributed by atoms with E-state index in [0.717, 1.165) is 6.04 Å². The van der Waals surface area contributed by atoms with E-state index in [1.54, 1.807) is 0 Å². The van der Waals surface area contributed by atoms with Crippen molar-refractivity contribution in [1.29, 1.82) is 0 Å². The largest absolute Gasteiger partial charge is 0.297 e. The second-order valence-corrected chi connectivity index (χ2v) is 5.75. The first-order valence-corrected chi connectivity index (χ1v) is 6.66. The number of nitrogens with one attached hydrogen (secondary N) is 1. The quantitative estimate of drug-likeness (QED) is 0.716. The number of hydrogen-bond donors (Lipinski definition) is 1. The summed E-state index contributed by atoms with van der Waals surface area (Å²) in [6.07, 6.45) is 8.23. The second-order valence-electron chi connectivity index (χ2n) is 5.75. The molecule has 15 heavy (non-hydrogen) atoms. The Bertz CT molecular complexity index is 217. The standard InChI is InChI=1S/C13H26N2/c1-11-7-6-9-13(3,14-11)15-10-5-4-8-12(15)2/h11-12,14H,4-10H2,1-3H3. The Kier molecular flexibility index (Phi) is 3.36. The van der Waals surface area contributed by atoms with E-state index in [4.69, 9.17) is 0 Å². The molecule has 2 fully saturated rings. The van der Waals surface area contributed by atoms with Crippen LogP contribution in [0, 0.1) is 0 Å². The van der Waals surface area contributed by atoms with E-state index < -0.39 is 0 Å². The van der Waals surface area contributed by atoms with Gasteiger partial charge in [0.2, 0.25) is 0 Å². The number of hydrogen-bond acceptors (Lipinski definition) is 2. The minimum Gasteiger partial charge on any atom is -0.297 e. The summed E-state index contributed by atoms with van der Waals surface area (Å²) >= 11 is 0. The van der Waals surface area contributed by atoms with Crippen LogP contribution < -0.4 is 5.32 Å². The average molecular weight is 210 g/mol. The first kappa shape index (κ1) is 11.4. The zero-order valence-corrected chi connectivity index (χ0v) is 10.6. The lowest BCUT2D eigenvalue weighted by atomic mass is 9.90. The molecule has 0 saturated carbocycles. The van der Waals surface area contributed by atoms with Crippen LogP contribution >= 0.6 is 0 Å². The van der Waals surface area contributed by atoms with Crippen LogP contribution in [0.25, 0.3) is 0 Å². The molecule has 0 bridgehead atoms. The van der Waals surface area contributed by atoms with Crippen LogP contribution in [0.5, 0.6) is 0 Å². The molecular formula is C13H26N2. The van der Waals surface area contributed by atoms with Crippen molar-refractivity contribution in [3.8, 4) is 0 Å². The zero-order chi connectivity index (χ0) is 10.9. The van der Waals surface area contributed by atoms with Gasteiger partial charge in [-0.25, -0.2) is 0 Å². The molecule has 0 aromatic heterocycles.